The molecule has 2 rings (SSSR count). The normalized spacial score (nSPS) is 10.7. The average molecular weight is 316 g/mol. The summed E-state index contributed by atoms with van der Waals surface area (Å²) < 4.78 is 6.16. The van der Waals surface area contributed by atoms with Gasteiger partial charge in [-0.05, 0) is 12.2 Å². The molecule has 0 aliphatic carbocycles. The summed E-state index contributed by atoms with van der Waals surface area (Å²) in [5, 5.41) is 4.30. The van der Waals surface area contributed by atoms with Crippen LogP contribution in [0.25, 0.3) is 6.08 Å². The number of hydrogen-bond acceptors (Lipinski definition) is 7. The first-order valence-corrected chi connectivity index (χ1v) is 6.60. The van der Waals surface area contributed by atoms with E-state index < -0.39 is 6.09 Å². The SMILES string of the molecule is CN(C)c1cc(C=CC(=O)c2cnc(OC(N)=O)nc2)n(C)n1. The lowest BCUT2D eigenvalue weighted by Gasteiger charge is -2.05. The number of aromatic nitrogens is 4. The Kier molecular flexibility index (Phi) is 4.69. The lowest BCUT2D eigenvalue weighted by atomic mass is 10.2. The molecule has 9 nitrogen and oxygen atoms in total. The molecule has 0 atom stereocenters. The van der Waals surface area contributed by atoms with Crippen molar-refractivity contribution in [2.24, 2.45) is 12.8 Å². The molecular formula is C14H16N6O3. The van der Waals surface area contributed by atoms with Gasteiger partial charge in [0.1, 0.15) is 0 Å². The number of rotatable bonds is 5. The number of anilines is 1. The minimum absolute atomic E-state index is 0.208. The van der Waals surface area contributed by atoms with Crippen LogP contribution in [0.1, 0.15) is 16.1 Å². The Balaban J connectivity index is 2.10. The predicted octanol–water partition coefficient (Wildman–Crippen LogP) is 0.630. The molecule has 0 aromatic carbocycles. The Morgan fingerprint density at radius 2 is 1.96 bits per heavy atom. The van der Waals surface area contributed by atoms with Gasteiger partial charge in [0.05, 0.1) is 11.3 Å². The van der Waals surface area contributed by atoms with Gasteiger partial charge in [-0.2, -0.15) is 5.10 Å². The van der Waals surface area contributed by atoms with Gasteiger partial charge in [-0.1, -0.05) is 0 Å². The highest BCUT2D eigenvalue weighted by molar-refractivity contribution is 6.06. The number of amides is 1. The van der Waals surface area contributed by atoms with Crippen molar-refractivity contribution >= 4 is 23.8 Å². The molecule has 0 aliphatic heterocycles. The van der Waals surface area contributed by atoms with Crippen LogP contribution in [-0.2, 0) is 7.05 Å². The number of nitrogens with zero attached hydrogens (tertiary/aromatic N) is 5. The van der Waals surface area contributed by atoms with E-state index in [4.69, 9.17) is 5.73 Å². The number of nitrogens with two attached hydrogens (primary N) is 1. The molecule has 0 spiro atoms. The highest BCUT2D eigenvalue weighted by atomic mass is 16.6. The molecule has 2 aromatic rings. The molecule has 23 heavy (non-hydrogen) atoms. The Morgan fingerprint density at radius 3 is 2.48 bits per heavy atom. The van der Waals surface area contributed by atoms with Crippen molar-refractivity contribution in [3.05, 3.63) is 35.8 Å². The third-order valence-corrected chi connectivity index (χ3v) is 2.87. The summed E-state index contributed by atoms with van der Waals surface area (Å²) >= 11 is 0. The fourth-order valence-corrected chi connectivity index (χ4v) is 1.68. The first-order valence-electron chi connectivity index (χ1n) is 6.60. The molecule has 120 valence electrons. The summed E-state index contributed by atoms with van der Waals surface area (Å²) in [7, 11) is 5.55. The van der Waals surface area contributed by atoms with E-state index in [-0.39, 0.29) is 17.4 Å². The van der Waals surface area contributed by atoms with Gasteiger partial charge in [0, 0.05) is 39.6 Å². The van der Waals surface area contributed by atoms with Gasteiger partial charge in [-0.25, -0.2) is 14.8 Å². The molecule has 0 fully saturated rings. The van der Waals surface area contributed by atoms with Crippen LogP contribution < -0.4 is 15.4 Å². The topological polar surface area (TPSA) is 116 Å². The molecule has 2 N–H and O–H groups in total. The van der Waals surface area contributed by atoms with Crippen LogP contribution in [0.5, 0.6) is 6.01 Å². The van der Waals surface area contributed by atoms with Crippen molar-refractivity contribution in [3.8, 4) is 6.01 Å². The van der Waals surface area contributed by atoms with Gasteiger partial charge in [-0.3, -0.25) is 9.48 Å². The summed E-state index contributed by atoms with van der Waals surface area (Å²) in [6, 6.07) is 1.64. The average Bonchev–Trinajstić information content (AvgIpc) is 2.86. The van der Waals surface area contributed by atoms with E-state index in [2.05, 4.69) is 19.8 Å². The van der Waals surface area contributed by atoms with Gasteiger partial charge in [0.25, 0.3) is 0 Å². The minimum atomic E-state index is -1.02. The number of ketones is 1. The van der Waals surface area contributed by atoms with Crippen LogP contribution in [0, 0.1) is 0 Å². The summed E-state index contributed by atoms with van der Waals surface area (Å²) in [6.07, 6.45) is 4.54. The fourth-order valence-electron chi connectivity index (χ4n) is 1.68. The summed E-state index contributed by atoms with van der Waals surface area (Å²) in [4.78, 5) is 31.9. The molecule has 0 radical (unpaired) electrons. The van der Waals surface area contributed by atoms with Crippen LogP contribution >= 0.6 is 0 Å². The Hall–Kier alpha value is -3.23. The molecule has 2 heterocycles. The monoisotopic (exact) mass is 316 g/mol. The standard InChI is InChI=1S/C14H16N6O3/c1-19(2)12-6-10(20(3)18-12)4-5-11(21)9-7-16-14(17-8-9)23-13(15)22/h4-8H,1-3H3,(H2,15,22). The zero-order valence-corrected chi connectivity index (χ0v) is 12.9. The van der Waals surface area contributed by atoms with Crippen molar-refractivity contribution in [1.82, 2.24) is 19.7 Å². The highest BCUT2D eigenvalue weighted by Gasteiger charge is 2.08. The quantitative estimate of drug-likeness (QED) is 0.635. The van der Waals surface area contributed by atoms with Crippen molar-refractivity contribution < 1.29 is 14.3 Å². The number of carbonyl (C=O) groups is 2. The Morgan fingerprint density at radius 1 is 1.30 bits per heavy atom. The largest absolute Gasteiger partial charge is 0.412 e. The van der Waals surface area contributed by atoms with Crippen molar-refractivity contribution in [2.75, 3.05) is 19.0 Å². The Labute approximate surface area is 132 Å². The van der Waals surface area contributed by atoms with E-state index in [1.165, 1.54) is 18.5 Å². The number of ether oxygens (including phenoxy) is 1. The van der Waals surface area contributed by atoms with Crippen molar-refractivity contribution in [3.63, 3.8) is 0 Å². The minimum Gasteiger partial charge on any atom is -0.374 e. The Bertz CT molecular complexity index is 748. The second-order valence-corrected chi connectivity index (χ2v) is 4.82. The maximum absolute atomic E-state index is 12.1. The van der Waals surface area contributed by atoms with Gasteiger partial charge in [0.2, 0.25) is 0 Å². The maximum Gasteiger partial charge on any atom is 0.412 e. The first kappa shape index (κ1) is 16.1. The van der Waals surface area contributed by atoms with E-state index in [0.717, 1.165) is 11.5 Å². The molecule has 0 unspecified atom stereocenters. The van der Waals surface area contributed by atoms with Crippen LogP contribution in [0.15, 0.2) is 24.5 Å². The second kappa shape index (κ2) is 6.69. The number of aryl methyl sites for hydroxylation is 1. The third kappa shape index (κ3) is 4.13. The van der Waals surface area contributed by atoms with E-state index >= 15 is 0 Å². The summed E-state index contributed by atoms with van der Waals surface area (Å²) in [5.41, 5.74) is 5.87. The van der Waals surface area contributed by atoms with Crippen LogP contribution in [-0.4, -0.2) is 45.7 Å². The molecule has 0 bridgehead atoms. The molecule has 0 aliphatic rings. The third-order valence-electron chi connectivity index (χ3n) is 2.87. The van der Waals surface area contributed by atoms with E-state index in [1.54, 1.807) is 17.8 Å². The van der Waals surface area contributed by atoms with Crippen molar-refractivity contribution in [2.45, 2.75) is 0 Å². The molecule has 9 heteroatoms. The van der Waals surface area contributed by atoms with Gasteiger partial charge in [-0.15, -0.1) is 0 Å². The summed E-state index contributed by atoms with van der Waals surface area (Å²) in [5.74, 6) is 0.499. The number of allylic oxidation sites excluding steroid dienone is 1. The van der Waals surface area contributed by atoms with Gasteiger partial charge >= 0.3 is 12.1 Å². The number of hydrogen-bond donors (Lipinski definition) is 1. The second-order valence-electron chi connectivity index (χ2n) is 4.82. The van der Waals surface area contributed by atoms with Crippen molar-refractivity contribution in [1.29, 1.82) is 0 Å². The molecule has 1 amide bonds. The molecule has 0 saturated carbocycles. The number of primary amides is 1. The molecule has 0 saturated heterocycles. The van der Waals surface area contributed by atoms with Crippen LogP contribution in [0.3, 0.4) is 0 Å². The van der Waals surface area contributed by atoms with E-state index in [1.807, 2.05) is 25.1 Å². The van der Waals surface area contributed by atoms with Gasteiger partial charge < -0.3 is 15.4 Å². The predicted molar refractivity (Wildman–Crippen MR) is 83.1 cm³/mol. The maximum atomic E-state index is 12.1. The van der Waals surface area contributed by atoms with E-state index in [9.17, 15) is 9.59 Å². The first-order chi connectivity index (χ1) is 10.9. The molecule has 2 aromatic heterocycles. The van der Waals surface area contributed by atoms with Crippen LogP contribution in [0.2, 0.25) is 0 Å². The number of carbonyl (C=O) groups excluding carboxylic acids is 2. The zero-order chi connectivity index (χ0) is 17.0. The smallest absolute Gasteiger partial charge is 0.374 e. The summed E-state index contributed by atoms with van der Waals surface area (Å²) in [6.45, 7) is 0. The highest BCUT2D eigenvalue weighted by Crippen LogP contribution is 2.13. The lowest BCUT2D eigenvalue weighted by Crippen LogP contribution is -2.17. The molecular weight excluding hydrogens is 300 g/mol. The van der Waals surface area contributed by atoms with Crippen LogP contribution in [0.4, 0.5) is 10.6 Å². The van der Waals surface area contributed by atoms with E-state index in [0.29, 0.717) is 0 Å². The fraction of sp³-hybridized carbons (Fsp3) is 0.214. The lowest BCUT2D eigenvalue weighted by molar-refractivity contribution is 0.104. The zero-order valence-electron chi connectivity index (χ0n) is 12.9. The van der Waals surface area contributed by atoms with Gasteiger partial charge in [0.15, 0.2) is 11.6 Å².